The number of hydrogen-bond donors (Lipinski definition) is 1. The monoisotopic (exact) mass is 315 g/mol. The Morgan fingerprint density at radius 2 is 1.73 bits per heavy atom. The highest BCUT2D eigenvalue weighted by Gasteiger charge is 2.13. The highest BCUT2D eigenvalue weighted by molar-refractivity contribution is 7.99. The molecule has 0 aliphatic heterocycles. The Labute approximate surface area is 133 Å². The lowest BCUT2D eigenvalue weighted by Crippen LogP contribution is -2.17. The van der Waals surface area contributed by atoms with Gasteiger partial charge in [0.25, 0.3) is 0 Å². The van der Waals surface area contributed by atoms with Crippen molar-refractivity contribution in [2.45, 2.75) is 5.75 Å². The maximum atomic E-state index is 12.0. The van der Waals surface area contributed by atoms with Crippen molar-refractivity contribution in [3.63, 3.8) is 0 Å². The number of esters is 1. The Morgan fingerprint density at radius 3 is 2.45 bits per heavy atom. The summed E-state index contributed by atoms with van der Waals surface area (Å²) in [6.07, 6.45) is 0. The molecule has 2 aromatic carbocycles. The zero-order valence-corrected chi connectivity index (χ0v) is 13.1. The number of anilines is 1. The number of amides is 1. The van der Waals surface area contributed by atoms with Crippen LogP contribution >= 0.6 is 11.8 Å². The van der Waals surface area contributed by atoms with Crippen LogP contribution in [0.2, 0.25) is 0 Å². The van der Waals surface area contributed by atoms with Crippen LogP contribution in [0.5, 0.6) is 0 Å². The third-order valence-corrected chi connectivity index (χ3v) is 3.95. The molecule has 0 spiro atoms. The van der Waals surface area contributed by atoms with Crippen LogP contribution in [0.4, 0.5) is 5.69 Å². The zero-order valence-electron chi connectivity index (χ0n) is 12.2. The third kappa shape index (κ3) is 4.63. The van der Waals surface area contributed by atoms with Crippen LogP contribution in [0.1, 0.15) is 15.9 Å². The first kappa shape index (κ1) is 16.1. The smallest absolute Gasteiger partial charge is 0.339 e. The van der Waals surface area contributed by atoms with Gasteiger partial charge in [0.15, 0.2) is 0 Å². The molecule has 0 heterocycles. The van der Waals surface area contributed by atoms with Crippen molar-refractivity contribution in [1.82, 2.24) is 0 Å². The molecule has 1 amide bonds. The number of carbonyl (C=O) groups excluding carboxylic acids is 2. The minimum absolute atomic E-state index is 0.141. The molecule has 0 aliphatic rings. The van der Waals surface area contributed by atoms with Gasteiger partial charge in [0.1, 0.15) is 0 Å². The van der Waals surface area contributed by atoms with Gasteiger partial charge in [-0.1, -0.05) is 42.5 Å². The number of rotatable bonds is 6. The second-order valence-electron chi connectivity index (χ2n) is 4.56. The van der Waals surface area contributed by atoms with Crippen molar-refractivity contribution in [2.24, 2.45) is 0 Å². The lowest BCUT2D eigenvalue weighted by atomic mass is 10.2. The number of para-hydroxylation sites is 1. The van der Waals surface area contributed by atoms with Crippen LogP contribution in [-0.2, 0) is 15.3 Å². The van der Waals surface area contributed by atoms with E-state index in [1.165, 1.54) is 24.4 Å². The van der Waals surface area contributed by atoms with Gasteiger partial charge in [0, 0.05) is 5.75 Å². The van der Waals surface area contributed by atoms with Crippen LogP contribution < -0.4 is 5.32 Å². The molecule has 0 fully saturated rings. The van der Waals surface area contributed by atoms with E-state index in [2.05, 4.69) is 5.32 Å². The number of carbonyl (C=O) groups is 2. The average Bonchev–Trinajstić information content (AvgIpc) is 2.55. The number of benzene rings is 2. The number of nitrogens with one attached hydrogen (secondary N) is 1. The predicted molar refractivity (Wildman–Crippen MR) is 89.0 cm³/mol. The number of ether oxygens (including phenoxy) is 1. The first-order valence-corrected chi connectivity index (χ1v) is 7.95. The second-order valence-corrected chi connectivity index (χ2v) is 5.55. The summed E-state index contributed by atoms with van der Waals surface area (Å²) in [4.78, 5) is 23.6. The van der Waals surface area contributed by atoms with Crippen LogP contribution in [0.3, 0.4) is 0 Å². The van der Waals surface area contributed by atoms with Gasteiger partial charge in [-0.05, 0) is 17.7 Å². The van der Waals surface area contributed by atoms with Crippen LogP contribution in [-0.4, -0.2) is 24.7 Å². The summed E-state index contributed by atoms with van der Waals surface area (Å²) in [5, 5.41) is 2.75. The molecule has 0 radical (unpaired) electrons. The number of methoxy groups -OCH3 is 1. The summed E-state index contributed by atoms with van der Waals surface area (Å²) in [6, 6.07) is 16.8. The lowest BCUT2D eigenvalue weighted by Gasteiger charge is -2.09. The fourth-order valence-corrected chi connectivity index (χ4v) is 2.69. The summed E-state index contributed by atoms with van der Waals surface area (Å²) >= 11 is 1.53. The molecule has 4 nitrogen and oxygen atoms in total. The molecular weight excluding hydrogens is 298 g/mol. The van der Waals surface area contributed by atoms with Gasteiger partial charge < -0.3 is 10.1 Å². The highest BCUT2D eigenvalue weighted by atomic mass is 32.2. The van der Waals surface area contributed by atoms with Crippen molar-refractivity contribution in [3.05, 3.63) is 65.7 Å². The van der Waals surface area contributed by atoms with E-state index in [-0.39, 0.29) is 5.91 Å². The molecule has 114 valence electrons. The first-order chi connectivity index (χ1) is 10.7. The maximum Gasteiger partial charge on any atom is 0.339 e. The van der Waals surface area contributed by atoms with E-state index in [0.29, 0.717) is 17.0 Å². The van der Waals surface area contributed by atoms with Crippen molar-refractivity contribution in [1.29, 1.82) is 0 Å². The van der Waals surface area contributed by atoms with Crippen LogP contribution in [0.25, 0.3) is 0 Å². The molecule has 0 aromatic heterocycles. The molecular formula is C17H17NO3S. The molecule has 2 rings (SSSR count). The normalized spacial score (nSPS) is 10.0. The summed E-state index contributed by atoms with van der Waals surface area (Å²) in [5.74, 6) is 0.488. The lowest BCUT2D eigenvalue weighted by molar-refractivity contribution is -0.113. The van der Waals surface area contributed by atoms with Crippen molar-refractivity contribution in [2.75, 3.05) is 18.2 Å². The Balaban J connectivity index is 1.88. The number of hydrogen-bond acceptors (Lipinski definition) is 4. The van der Waals surface area contributed by atoms with E-state index < -0.39 is 5.97 Å². The van der Waals surface area contributed by atoms with Gasteiger partial charge in [0.05, 0.1) is 24.1 Å². The molecule has 0 unspecified atom stereocenters. The maximum absolute atomic E-state index is 12.0. The van der Waals surface area contributed by atoms with E-state index >= 15 is 0 Å². The quantitative estimate of drug-likeness (QED) is 0.831. The summed E-state index contributed by atoms with van der Waals surface area (Å²) in [6.45, 7) is 0. The van der Waals surface area contributed by atoms with Gasteiger partial charge in [0.2, 0.25) is 5.91 Å². The molecule has 5 heteroatoms. The van der Waals surface area contributed by atoms with Gasteiger partial charge in [-0.25, -0.2) is 4.79 Å². The van der Waals surface area contributed by atoms with Crippen molar-refractivity contribution >= 4 is 29.3 Å². The van der Waals surface area contributed by atoms with Gasteiger partial charge in [-0.2, -0.15) is 0 Å². The van der Waals surface area contributed by atoms with Gasteiger partial charge >= 0.3 is 5.97 Å². The van der Waals surface area contributed by atoms with E-state index in [1.54, 1.807) is 24.3 Å². The standard InChI is InChI=1S/C17H17NO3S/c1-21-17(20)14-9-5-6-10-15(14)18-16(19)12-22-11-13-7-3-2-4-8-13/h2-10H,11-12H2,1H3,(H,18,19). The van der Waals surface area contributed by atoms with Crippen molar-refractivity contribution < 1.29 is 14.3 Å². The van der Waals surface area contributed by atoms with Crippen LogP contribution in [0, 0.1) is 0 Å². The third-order valence-electron chi connectivity index (χ3n) is 2.95. The molecule has 22 heavy (non-hydrogen) atoms. The minimum Gasteiger partial charge on any atom is -0.465 e. The minimum atomic E-state index is -0.465. The molecule has 0 aliphatic carbocycles. The van der Waals surface area contributed by atoms with Crippen molar-refractivity contribution in [3.8, 4) is 0 Å². The van der Waals surface area contributed by atoms with Gasteiger partial charge in [-0.3, -0.25) is 4.79 Å². The predicted octanol–water partition coefficient (Wildman–Crippen LogP) is 3.35. The van der Waals surface area contributed by atoms with E-state index in [1.807, 2.05) is 30.3 Å². The fourth-order valence-electron chi connectivity index (χ4n) is 1.90. The highest BCUT2D eigenvalue weighted by Crippen LogP contribution is 2.17. The van der Waals surface area contributed by atoms with Gasteiger partial charge in [-0.15, -0.1) is 11.8 Å². The van der Waals surface area contributed by atoms with E-state index in [9.17, 15) is 9.59 Å². The van der Waals surface area contributed by atoms with E-state index in [0.717, 1.165) is 5.75 Å². The molecule has 0 saturated heterocycles. The number of thioether (sulfide) groups is 1. The molecule has 0 bridgehead atoms. The first-order valence-electron chi connectivity index (χ1n) is 6.79. The molecule has 0 saturated carbocycles. The summed E-state index contributed by atoms with van der Waals surface area (Å²) in [5.41, 5.74) is 2.00. The molecule has 2 aromatic rings. The largest absolute Gasteiger partial charge is 0.465 e. The topological polar surface area (TPSA) is 55.4 Å². The van der Waals surface area contributed by atoms with E-state index in [4.69, 9.17) is 4.74 Å². The molecule has 1 N–H and O–H groups in total. The SMILES string of the molecule is COC(=O)c1ccccc1NC(=O)CSCc1ccccc1. The average molecular weight is 315 g/mol. The fraction of sp³-hybridized carbons (Fsp3) is 0.176. The van der Waals surface area contributed by atoms with Crippen LogP contribution in [0.15, 0.2) is 54.6 Å². The molecule has 0 atom stereocenters. The Hall–Kier alpha value is -2.27. The second kappa shape index (κ2) is 8.24. The Morgan fingerprint density at radius 1 is 1.05 bits per heavy atom. The summed E-state index contributed by atoms with van der Waals surface area (Å²) < 4.78 is 4.70. The Bertz CT molecular complexity index is 643. The summed E-state index contributed by atoms with van der Waals surface area (Å²) in [7, 11) is 1.32. The Kier molecular flexibility index (Phi) is 6.03. The zero-order chi connectivity index (χ0) is 15.8.